The third kappa shape index (κ3) is 4.59. The van der Waals surface area contributed by atoms with E-state index < -0.39 is 0 Å². The van der Waals surface area contributed by atoms with Crippen molar-refractivity contribution in [2.75, 3.05) is 19.8 Å². The summed E-state index contributed by atoms with van der Waals surface area (Å²) in [5.41, 5.74) is 0. The van der Waals surface area contributed by atoms with Crippen LogP contribution in [0.5, 0.6) is 0 Å². The zero-order valence-electron chi connectivity index (χ0n) is 11.7. The number of hydrogen-bond donors (Lipinski definition) is 0. The molecule has 2 nitrogen and oxygen atoms in total. The van der Waals surface area contributed by atoms with Crippen LogP contribution in [0.2, 0.25) is 0 Å². The first-order valence-corrected chi connectivity index (χ1v) is 7.34. The van der Waals surface area contributed by atoms with Gasteiger partial charge in [-0.05, 0) is 42.9 Å². The van der Waals surface area contributed by atoms with Crippen LogP contribution in [0.15, 0.2) is 0 Å². The van der Waals surface area contributed by atoms with E-state index in [1.165, 1.54) is 25.7 Å². The molecule has 3 aliphatic rings. The highest BCUT2D eigenvalue weighted by Gasteiger charge is 2.39. The standard InChI is InChI=1S/C11H18O2.C4H10/c1-2-9-3-8(1)4-10(9)5-12-6-11-7-13-11;1-4(2)3/h8-11H,1-7H2;4H,1-3H3. The molecule has 0 spiro atoms. The maximum absolute atomic E-state index is 5.67. The zero-order valence-corrected chi connectivity index (χ0v) is 11.7. The molecule has 2 bridgehead atoms. The van der Waals surface area contributed by atoms with E-state index in [-0.39, 0.29) is 0 Å². The SMILES string of the molecule is C1CC2CC1CC2COCC1CO1.CC(C)C. The molecule has 1 heterocycles. The molecule has 0 aromatic carbocycles. The monoisotopic (exact) mass is 240 g/mol. The van der Waals surface area contributed by atoms with Crippen LogP contribution in [-0.4, -0.2) is 25.9 Å². The van der Waals surface area contributed by atoms with Gasteiger partial charge in [0.1, 0.15) is 6.10 Å². The third-order valence-corrected chi connectivity index (χ3v) is 3.92. The maximum atomic E-state index is 5.67. The normalized spacial score (nSPS) is 38.1. The Bertz CT molecular complexity index is 220. The smallest absolute Gasteiger partial charge is 0.104 e. The molecule has 3 fully saturated rings. The van der Waals surface area contributed by atoms with Crippen molar-refractivity contribution in [2.24, 2.45) is 23.7 Å². The second-order valence-electron chi connectivity index (χ2n) is 6.66. The Labute approximate surface area is 106 Å². The second kappa shape index (κ2) is 6.19. The highest BCUT2D eigenvalue weighted by atomic mass is 16.6. The van der Waals surface area contributed by atoms with Gasteiger partial charge in [-0.15, -0.1) is 0 Å². The Balaban J connectivity index is 0.000000239. The van der Waals surface area contributed by atoms with Gasteiger partial charge in [0.2, 0.25) is 0 Å². The minimum absolute atomic E-state index is 0.443. The van der Waals surface area contributed by atoms with Crippen LogP contribution >= 0.6 is 0 Å². The summed E-state index contributed by atoms with van der Waals surface area (Å²) in [5, 5.41) is 0. The van der Waals surface area contributed by atoms with Gasteiger partial charge in [-0.25, -0.2) is 0 Å². The Morgan fingerprint density at radius 3 is 2.29 bits per heavy atom. The molecular weight excluding hydrogens is 212 g/mol. The zero-order chi connectivity index (χ0) is 12.3. The van der Waals surface area contributed by atoms with E-state index in [4.69, 9.17) is 9.47 Å². The number of rotatable bonds is 4. The molecule has 0 amide bonds. The van der Waals surface area contributed by atoms with Crippen molar-refractivity contribution in [1.29, 1.82) is 0 Å². The van der Waals surface area contributed by atoms with E-state index in [0.717, 1.165) is 43.5 Å². The third-order valence-electron chi connectivity index (χ3n) is 3.92. The quantitative estimate of drug-likeness (QED) is 0.702. The summed E-state index contributed by atoms with van der Waals surface area (Å²) in [5.74, 6) is 3.78. The lowest BCUT2D eigenvalue weighted by atomic mass is 9.90. The van der Waals surface area contributed by atoms with Gasteiger partial charge in [-0.1, -0.05) is 27.2 Å². The van der Waals surface area contributed by atoms with Crippen LogP contribution in [0, 0.1) is 23.7 Å². The van der Waals surface area contributed by atoms with Crippen molar-refractivity contribution in [3.63, 3.8) is 0 Å². The molecule has 100 valence electrons. The summed E-state index contributed by atoms with van der Waals surface area (Å²) < 4.78 is 10.8. The molecule has 2 aliphatic carbocycles. The van der Waals surface area contributed by atoms with Crippen molar-refractivity contribution < 1.29 is 9.47 Å². The molecule has 17 heavy (non-hydrogen) atoms. The van der Waals surface area contributed by atoms with Gasteiger partial charge in [-0.3, -0.25) is 0 Å². The fourth-order valence-electron chi connectivity index (χ4n) is 3.10. The van der Waals surface area contributed by atoms with Gasteiger partial charge in [-0.2, -0.15) is 0 Å². The van der Waals surface area contributed by atoms with Crippen LogP contribution in [0.4, 0.5) is 0 Å². The average molecular weight is 240 g/mol. The van der Waals surface area contributed by atoms with Crippen molar-refractivity contribution in [3.8, 4) is 0 Å². The molecule has 1 saturated heterocycles. The Morgan fingerprint density at radius 1 is 1.12 bits per heavy atom. The average Bonchev–Trinajstić information content (AvgIpc) is 2.85. The lowest BCUT2D eigenvalue weighted by Crippen LogP contribution is -2.18. The predicted octanol–water partition coefficient (Wildman–Crippen LogP) is 3.50. The molecule has 0 radical (unpaired) electrons. The first-order chi connectivity index (χ1) is 8.15. The molecule has 1 aliphatic heterocycles. The van der Waals surface area contributed by atoms with Crippen LogP contribution in [0.1, 0.15) is 46.5 Å². The Morgan fingerprint density at radius 2 is 1.82 bits per heavy atom. The first-order valence-electron chi connectivity index (χ1n) is 7.34. The van der Waals surface area contributed by atoms with Gasteiger partial charge in [0.05, 0.1) is 13.2 Å². The topological polar surface area (TPSA) is 21.8 Å². The Hall–Kier alpha value is -0.0800. The van der Waals surface area contributed by atoms with Gasteiger partial charge >= 0.3 is 0 Å². The van der Waals surface area contributed by atoms with E-state index in [0.29, 0.717) is 6.10 Å². The lowest BCUT2D eigenvalue weighted by Gasteiger charge is -2.20. The molecular formula is C15H28O2. The van der Waals surface area contributed by atoms with E-state index >= 15 is 0 Å². The summed E-state index contributed by atoms with van der Waals surface area (Å²) in [4.78, 5) is 0. The molecule has 0 aromatic heterocycles. The van der Waals surface area contributed by atoms with Crippen molar-refractivity contribution >= 4 is 0 Å². The first kappa shape index (κ1) is 13.4. The number of ether oxygens (including phenoxy) is 2. The lowest BCUT2D eigenvalue weighted by molar-refractivity contribution is 0.0679. The molecule has 2 saturated carbocycles. The highest BCUT2D eigenvalue weighted by molar-refractivity contribution is 4.89. The van der Waals surface area contributed by atoms with Gasteiger partial charge in [0.25, 0.3) is 0 Å². The minimum Gasteiger partial charge on any atom is -0.378 e. The summed E-state index contributed by atoms with van der Waals surface area (Å²) in [7, 11) is 0. The van der Waals surface area contributed by atoms with Crippen LogP contribution in [0.3, 0.4) is 0 Å². The summed E-state index contributed by atoms with van der Waals surface area (Å²) in [6.45, 7) is 9.27. The summed E-state index contributed by atoms with van der Waals surface area (Å²) in [6.07, 6.45) is 6.34. The molecule has 0 aromatic rings. The minimum atomic E-state index is 0.443. The molecule has 4 atom stereocenters. The molecule has 3 rings (SSSR count). The van der Waals surface area contributed by atoms with Crippen molar-refractivity contribution in [3.05, 3.63) is 0 Å². The number of fused-ring (bicyclic) bond motifs is 2. The van der Waals surface area contributed by atoms with Crippen molar-refractivity contribution in [1.82, 2.24) is 0 Å². The maximum Gasteiger partial charge on any atom is 0.104 e. The van der Waals surface area contributed by atoms with E-state index in [1.54, 1.807) is 0 Å². The van der Waals surface area contributed by atoms with Crippen LogP contribution < -0.4 is 0 Å². The highest BCUT2D eigenvalue weighted by Crippen LogP contribution is 2.48. The Kier molecular flexibility index (Phi) is 4.87. The number of hydrogen-bond acceptors (Lipinski definition) is 2. The van der Waals surface area contributed by atoms with Crippen LogP contribution in [-0.2, 0) is 9.47 Å². The molecule has 2 heteroatoms. The van der Waals surface area contributed by atoms with E-state index in [1.807, 2.05) is 0 Å². The van der Waals surface area contributed by atoms with E-state index in [2.05, 4.69) is 20.8 Å². The largest absolute Gasteiger partial charge is 0.378 e. The van der Waals surface area contributed by atoms with Gasteiger partial charge in [0.15, 0.2) is 0 Å². The number of epoxide rings is 1. The van der Waals surface area contributed by atoms with Crippen LogP contribution in [0.25, 0.3) is 0 Å². The molecule has 0 N–H and O–H groups in total. The van der Waals surface area contributed by atoms with E-state index in [9.17, 15) is 0 Å². The summed E-state index contributed by atoms with van der Waals surface area (Å²) >= 11 is 0. The second-order valence-corrected chi connectivity index (χ2v) is 6.66. The van der Waals surface area contributed by atoms with Gasteiger partial charge in [0, 0.05) is 6.61 Å². The predicted molar refractivity (Wildman–Crippen MR) is 70.0 cm³/mol. The summed E-state index contributed by atoms with van der Waals surface area (Å²) in [6, 6.07) is 0. The fraction of sp³-hybridized carbons (Fsp3) is 1.00. The van der Waals surface area contributed by atoms with Crippen molar-refractivity contribution in [2.45, 2.75) is 52.6 Å². The molecule has 4 unspecified atom stereocenters. The fourth-order valence-corrected chi connectivity index (χ4v) is 3.10. The van der Waals surface area contributed by atoms with Gasteiger partial charge < -0.3 is 9.47 Å².